The number of rotatable bonds is 3. The monoisotopic (exact) mass is 270 g/mol. The van der Waals surface area contributed by atoms with Gasteiger partial charge < -0.3 is 11.1 Å². The third-order valence-corrected chi connectivity index (χ3v) is 2.56. The van der Waals surface area contributed by atoms with Crippen molar-refractivity contribution in [2.24, 2.45) is 5.73 Å². The quantitative estimate of drug-likeness (QED) is 0.775. The molecule has 2 rings (SSSR count). The summed E-state index contributed by atoms with van der Waals surface area (Å²) < 4.78 is 1.47. The Bertz CT molecular complexity index is 640. The van der Waals surface area contributed by atoms with Crippen molar-refractivity contribution in [1.82, 2.24) is 19.7 Å². The Labute approximate surface area is 116 Å². The average molecular weight is 270 g/mol. The zero-order valence-corrected chi connectivity index (χ0v) is 10.9. The van der Waals surface area contributed by atoms with Gasteiger partial charge in [0.05, 0.1) is 6.54 Å². The maximum atomic E-state index is 12.0. The molecule has 0 saturated heterocycles. The molecule has 0 aliphatic heterocycles. The Hall–Kier alpha value is -2.72. The van der Waals surface area contributed by atoms with Crippen molar-refractivity contribution in [3.63, 3.8) is 0 Å². The molecular weight excluding hydrogens is 256 g/mol. The molecule has 3 N–H and O–H groups in total. The molecule has 0 aliphatic carbocycles. The molecule has 0 saturated carbocycles. The van der Waals surface area contributed by atoms with Gasteiger partial charge in [-0.15, -0.1) is 0 Å². The van der Waals surface area contributed by atoms with Crippen LogP contribution in [0, 0.1) is 11.8 Å². The molecule has 2 heterocycles. The lowest BCUT2D eigenvalue weighted by atomic mass is 10.2. The van der Waals surface area contributed by atoms with Crippen molar-refractivity contribution in [1.29, 1.82) is 0 Å². The summed E-state index contributed by atoms with van der Waals surface area (Å²) in [4.78, 5) is 19.9. The van der Waals surface area contributed by atoms with Gasteiger partial charge in [-0.05, 0) is 19.1 Å². The predicted molar refractivity (Wildman–Crippen MR) is 73.5 cm³/mol. The van der Waals surface area contributed by atoms with Crippen molar-refractivity contribution in [2.45, 2.75) is 13.0 Å². The van der Waals surface area contributed by atoms with Crippen LogP contribution in [0.4, 0.5) is 5.82 Å². The molecular formula is C13H14N6O. The third-order valence-electron chi connectivity index (χ3n) is 2.56. The van der Waals surface area contributed by atoms with Crippen molar-refractivity contribution in [3.8, 4) is 11.8 Å². The Morgan fingerprint density at radius 2 is 2.45 bits per heavy atom. The number of hydrogen-bond acceptors (Lipinski definition) is 5. The van der Waals surface area contributed by atoms with Gasteiger partial charge in [-0.1, -0.05) is 11.8 Å². The van der Waals surface area contributed by atoms with E-state index in [0.29, 0.717) is 5.82 Å². The minimum Gasteiger partial charge on any atom is -0.320 e. The Morgan fingerprint density at radius 1 is 1.60 bits per heavy atom. The number of nitrogens with two attached hydrogens (primary N) is 1. The first kappa shape index (κ1) is 13.7. The van der Waals surface area contributed by atoms with E-state index in [-0.39, 0.29) is 12.5 Å². The number of pyridine rings is 1. The standard InChI is InChI=1S/C13H14N6O/c1-10(19-9-15-8-17-19)13(20)18-12-7-11(3-2-5-14)4-6-16-12/h4,6-10H,5,14H2,1H3,(H,16,18,20). The molecule has 1 unspecified atom stereocenters. The van der Waals surface area contributed by atoms with E-state index in [1.807, 2.05) is 0 Å². The van der Waals surface area contributed by atoms with E-state index in [2.05, 4.69) is 32.2 Å². The average Bonchev–Trinajstić information content (AvgIpc) is 2.98. The highest BCUT2D eigenvalue weighted by atomic mass is 16.2. The van der Waals surface area contributed by atoms with Crippen LogP contribution in [-0.4, -0.2) is 32.2 Å². The summed E-state index contributed by atoms with van der Waals surface area (Å²) >= 11 is 0. The van der Waals surface area contributed by atoms with Crippen LogP contribution in [0.3, 0.4) is 0 Å². The fraction of sp³-hybridized carbons (Fsp3) is 0.231. The SMILES string of the molecule is CC(C(=O)Nc1cc(C#CCN)ccn1)n1cncn1. The molecule has 0 fully saturated rings. The van der Waals surface area contributed by atoms with E-state index < -0.39 is 6.04 Å². The first-order valence-electron chi connectivity index (χ1n) is 6.00. The zero-order chi connectivity index (χ0) is 14.4. The molecule has 7 heteroatoms. The maximum Gasteiger partial charge on any atom is 0.250 e. The first-order chi connectivity index (χ1) is 9.70. The second-order valence-electron chi connectivity index (χ2n) is 3.98. The molecule has 0 bridgehead atoms. The molecule has 2 aromatic rings. The third kappa shape index (κ3) is 3.40. The zero-order valence-electron chi connectivity index (χ0n) is 10.9. The van der Waals surface area contributed by atoms with Gasteiger partial charge in [0.15, 0.2) is 0 Å². The fourth-order valence-electron chi connectivity index (χ4n) is 1.50. The summed E-state index contributed by atoms with van der Waals surface area (Å²) in [6.45, 7) is 2.01. The number of anilines is 1. The number of amides is 1. The van der Waals surface area contributed by atoms with Crippen molar-refractivity contribution < 1.29 is 4.79 Å². The van der Waals surface area contributed by atoms with Crippen LogP contribution in [0.5, 0.6) is 0 Å². The minimum atomic E-state index is -0.474. The van der Waals surface area contributed by atoms with E-state index in [4.69, 9.17) is 5.73 Å². The van der Waals surface area contributed by atoms with Crippen LogP contribution in [0.1, 0.15) is 18.5 Å². The lowest BCUT2D eigenvalue weighted by molar-refractivity contribution is -0.119. The molecule has 20 heavy (non-hydrogen) atoms. The van der Waals surface area contributed by atoms with Crippen molar-refractivity contribution in [3.05, 3.63) is 36.5 Å². The highest BCUT2D eigenvalue weighted by Gasteiger charge is 2.15. The van der Waals surface area contributed by atoms with Crippen LogP contribution in [-0.2, 0) is 4.79 Å². The summed E-state index contributed by atoms with van der Waals surface area (Å²) in [5, 5.41) is 6.63. The molecule has 1 atom stereocenters. The van der Waals surface area contributed by atoms with E-state index in [1.165, 1.54) is 17.3 Å². The summed E-state index contributed by atoms with van der Waals surface area (Å²) in [6.07, 6.45) is 4.45. The number of hydrogen-bond donors (Lipinski definition) is 2. The molecule has 0 radical (unpaired) electrons. The Kier molecular flexibility index (Phi) is 4.42. The van der Waals surface area contributed by atoms with Gasteiger partial charge >= 0.3 is 0 Å². The van der Waals surface area contributed by atoms with Gasteiger partial charge in [0, 0.05) is 11.8 Å². The number of carbonyl (C=O) groups is 1. The first-order valence-corrected chi connectivity index (χ1v) is 6.00. The maximum absolute atomic E-state index is 12.0. The van der Waals surface area contributed by atoms with E-state index >= 15 is 0 Å². The number of nitrogens with one attached hydrogen (secondary N) is 1. The molecule has 0 spiro atoms. The molecule has 2 aromatic heterocycles. The van der Waals surface area contributed by atoms with Crippen LogP contribution in [0.25, 0.3) is 0 Å². The summed E-state index contributed by atoms with van der Waals surface area (Å²) in [7, 11) is 0. The van der Waals surface area contributed by atoms with Crippen LogP contribution in [0.2, 0.25) is 0 Å². The van der Waals surface area contributed by atoms with Crippen LogP contribution < -0.4 is 11.1 Å². The van der Waals surface area contributed by atoms with Gasteiger partial charge in [0.2, 0.25) is 5.91 Å². The summed E-state index contributed by atoms with van der Waals surface area (Å²) in [5.74, 6) is 5.83. The number of nitrogens with zero attached hydrogens (tertiary/aromatic N) is 4. The molecule has 7 nitrogen and oxygen atoms in total. The summed E-state index contributed by atoms with van der Waals surface area (Å²) in [5.41, 5.74) is 6.06. The lowest BCUT2D eigenvalue weighted by Gasteiger charge is -2.11. The minimum absolute atomic E-state index is 0.230. The van der Waals surface area contributed by atoms with E-state index in [1.54, 1.807) is 25.3 Å². The van der Waals surface area contributed by atoms with E-state index in [0.717, 1.165) is 5.56 Å². The molecule has 0 aliphatic rings. The lowest BCUT2D eigenvalue weighted by Crippen LogP contribution is -2.24. The number of aromatic nitrogens is 4. The second-order valence-corrected chi connectivity index (χ2v) is 3.98. The smallest absolute Gasteiger partial charge is 0.250 e. The van der Waals surface area contributed by atoms with E-state index in [9.17, 15) is 4.79 Å². The predicted octanol–water partition coefficient (Wildman–Crippen LogP) is 0.183. The number of carbonyl (C=O) groups excluding carboxylic acids is 1. The largest absolute Gasteiger partial charge is 0.320 e. The molecule has 102 valence electrons. The Morgan fingerprint density at radius 3 is 3.15 bits per heavy atom. The topological polar surface area (TPSA) is 98.7 Å². The Balaban J connectivity index is 2.08. The highest BCUT2D eigenvalue weighted by molar-refractivity contribution is 5.92. The normalized spacial score (nSPS) is 11.3. The van der Waals surface area contributed by atoms with Gasteiger partial charge in [0.25, 0.3) is 0 Å². The van der Waals surface area contributed by atoms with Gasteiger partial charge in [-0.25, -0.2) is 14.6 Å². The van der Waals surface area contributed by atoms with Gasteiger partial charge in [0.1, 0.15) is 24.5 Å². The summed E-state index contributed by atoms with van der Waals surface area (Å²) in [6, 6.07) is 2.96. The van der Waals surface area contributed by atoms with Crippen LogP contribution in [0.15, 0.2) is 31.0 Å². The molecule has 1 amide bonds. The van der Waals surface area contributed by atoms with Gasteiger partial charge in [-0.3, -0.25) is 4.79 Å². The molecule has 0 aromatic carbocycles. The van der Waals surface area contributed by atoms with Crippen molar-refractivity contribution in [2.75, 3.05) is 11.9 Å². The van der Waals surface area contributed by atoms with Gasteiger partial charge in [-0.2, -0.15) is 5.10 Å². The fourth-order valence-corrected chi connectivity index (χ4v) is 1.50. The van der Waals surface area contributed by atoms with Crippen LogP contribution >= 0.6 is 0 Å². The van der Waals surface area contributed by atoms with Crippen molar-refractivity contribution >= 4 is 11.7 Å². The second kappa shape index (κ2) is 6.45. The highest BCUT2D eigenvalue weighted by Crippen LogP contribution is 2.09.